The number of thioether (sulfide) groups is 1. The molecule has 7 heteroatoms. The van der Waals surface area contributed by atoms with Crippen LogP contribution in [-0.2, 0) is 17.2 Å². The van der Waals surface area contributed by atoms with Crippen molar-refractivity contribution in [3.63, 3.8) is 0 Å². The quantitative estimate of drug-likeness (QED) is 0.150. The largest absolute Gasteiger partial charge is 0.391 e. The van der Waals surface area contributed by atoms with Gasteiger partial charge in [0, 0.05) is 21.7 Å². The second-order valence-corrected chi connectivity index (χ2v) is 8.96. The highest BCUT2D eigenvalue weighted by Crippen LogP contribution is 2.28. The second kappa shape index (κ2) is 10.4. The summed E-state index contributed by atoms with van der Waals surface area (Å²) in [6, 6.07) is 23.3. The van der Waals surface area contributed by atoms with E-state index < -0.39 is 0 Å². The number of hydrogen-bond acceptors (Lipinski definition) is 4. The van der Waals surface area contributed by atoms with E-state index in [-0.39, 0.29) is 0 Å². The summed E-state index contributed by atoms with van der Waals surface area (Å²) in [5.74, 6) is 0.771. The first-order valence-electron chi connectivity index (χ1n) is 9.45. The third-order valence-electron chi connectivity index (χ3n) is 4.49. The van der Waals surface area contributed by atoms with E-state index in [0.717, 1.165) is 37.8 Å². The molecule has 4 rings (SSSR count). The summed E-state index contributed by atoms with van der Waals surface area (Å²) in [6.45, 7) is 0.293. The Kier molecular flexibility index (Phi) is 7.36. The van der Waals surface area contributed by atoms with Crippen LogP contribution in [0.25, 0.3) is 10.9 Å². The zero-order valence-electron chi connectivity index (χ0n) is 16.3. The van der Waals surface area contributed by atoms with Crippen LogP contribution in [0.3, 0.4) is 0 Å². The van der Waals surface area contributed by atoms with E-state index in [1.165, 1.54) is 5.56 Å². The summed E-state index contributed by atoms with van der Waals surface area (Å²) >= 11 is 19.6. The fourth-order valence-corrected chi connectivity index (χ4v) is 4.27. The number of rotatable bonds is 7. The van der Waals surface area contributed by atoms with Gasteiger partial charge in [0.25, 0.3) is 0 Å². The van der Waals surface area contributed by atoms with Crippen molar-refractivity contribution in [2.75, 3.05) is 0 Å². The smallest absolute Gasteiger partial charge is 0.142 e. The average Bonchev–Trinajstić information content (AvgIpc) is 2.78. The molecule has 4 aromatic rings. The van der Waals surface area contributed by atoms with Crippen molar-refractivity contribution in [1.82, 2.24) is 4.98 Å². The molecule has 3 aromatic carbocycles. The van der Waals surface area contributed by atoms with Gasteiger partial charge in [-0.05, 0) is 47.5 Å². The van der Waals surface area contributed by atoms with Crippen LogP contribution in [0.2, 0.25) is 15.1 Å². The van der Waals surface area contributed by atoms with Gasteiger partial charge in [-0.3, -0.25) is 0 Å². The minimum absolute atomic E-state index is 0.293. The molecule has 0 amide bonds. The van der Waals surface area contributed by atoms with Gasteiger partial charge >= 0.3 is 0 Å². The topological polar surface area (TPSA) is 34.5 Å². The standard InChI is InChI=1S/C24H17Cl3N2OS/c25-20-8-5-16(6-9-20)15-31-24-19(12-18-3-1-2-4-23(18)29-24)13-28-30-14-17-7-10-21(26)22(27)11-17/h1-13H,14-15H2/b28-13-. The Morgan fingerprint density at radius 2 is 1.65 bits per heavy atom. The molecule has 3 nitrogen and oxygen atoms in total. The normalized spacial score (nSPS) is 11.3. The molecule has 1 aromatic heterocycles. The van der Waals surface area contributed by atoms with Gasteiger partial charge in [-0.25, -0.2) is 4.98 Å². The summed E-state index contributed by atoms with van der Waals surface area (Å²) in [4.78, 5) is 10.3. The third kappa shape index (κ3) is 5.92. The van der Waals surface area contributed by atoms with Gasteiger partial charge in [0.1, 0.15) is 11.6 Å². The Morgan fingerprint density at radius 3 is 2.45 bits per heavy atom. The number of oxime groups is 1. The van der Waals surface area contributed by atoms with E-state index in [9.17, 15) is 0 Å². The molecular formula is C24H17Cl3N2OS. The number of fused-ring (bicyclic) bond motifs is 1. The number of aromatic nitrogens is 1. The molecule has 0 aliphatic heterocycles. The zero-order valence-corrected chi connectivity index (χ0v) is 19.3. The van der Waals surface area contributed by atoms with Crippen molar-refractivity contribution in [1.29, 1.82) is 0 Å². The van der Waals surface area contributed by atoms with E-state index in [2.05, 4.69) is 11.2 Å². The Balaban J connectivity index is 1.51. The third-order valence-corrected chi connectivity index (χ3v) is 6.56. The molecule has 0 bridgehead atoms. The zero-order chi connectivity index (χ0) is 21.6. The van der Waals surface area contributed by atoms with E-state index in [1.807, 2.05) is 54.6 Å². The summed E-state index contributed by atoms with van der Waals surface area (Å²) < 4.78 is 0. The molecule has 0 fully saturated rings. The van der Waals surface area contributed by atoms with E-state index >= 15 is 0 Å². The number of nitrogens with zero attached hydrogens (tertiary/aromatic N) is 2. The molecule has 0 N–H and O–H groups in total. The Morgan fingerprint density at radius 1 is 0.871 bits per heavy atom. The monoisotopic (exact) mass is 486 g/mol. The average molecular weight is 488 g/mol. The van der Waals surface area contributed by atoms with Gasteiger partial charge in [-0.15, -0.1) is 11.8 Å². The molecular weight excluding hydrogens is 471 g/mol. The predicted molar refractivity (Wildman–Crippen MR) is 132 cm³/mol. The van der Waals surface area contributed by atoms with Crippen molar-refractivity contribution >= 4 is 63.7 Å². The van der Waals surface area contributed by atoms with Gasteiger partial charge in [0.15, 0.2) is 0 Å². The number of pyridine rings is 1. The Bertz CT molecular complexity index is 1230. The molecule has 1 heterocycles. The van der Waals surface area contributed by atoms with Crippen molar-refractivity contribution in [3.8, 4) is 0 Å². The lowest BCUT2D eigenvalue weighted by Crippen LogP contribution is -1.94. The highest BCUT2D eigenvalue weighted by molar-refractivity contribution is 7.98. The van der Waals surface area contributed by atoms with Gasteiger partial charge < -0.3 is 4.84 Å². The number of para-hydroxylation sites is 1. The van der Waals surface area contributed by atoms with Crippen LogP contribution >= 0.6 is 46.6 Å². The molecule has 31 heavy (non-hydrogen) atoms. The van der Waals surface area contributed by atoms with Crippen LogP contribution < -0.4 is 0 Å². The Labute approximate surface area is 200 Å². The lowest BCUT2D eigenvalue weighted by Gasteiger charge is -2.08. The van der Waals surface area contributed by atoms with Crippen LogP contribution in [0.15, 0.2) is 83.0 Å². The van der Waals surface area contributed by atoms with Crippen molar-refractivity contribution < 1.29 is 4.84 Å². The molecule has 0 spiro atoms. The molecule has 0 radical (unpaired) electrons. The summed E-state index contributed by atoms with van der Waals surface area (Å²) in [7, 11) is 0. The fourth-order valence-electron chi connectivity index (χ4n) is 2.89. The summed E-state index contributed by atoms with van der Waals surface area (Å²) in [5.41, 5.74) is 3.89. The van der Waals surface area contributed by atoms with Gasteiger partial charge in [0.05, 0.1) is 21.8 Å². The van der Waals surface area contributed by atoms with Gasteiger partial charge in [-0.2, -0.15) is 0 Å². The molecule has 0 atom stereocenters. The van der Waals surface area contributed by atoms with Crippen molar-refractivity contribution in [2.24, 2.45) is 5.16 Å². The van der Waals surface area contributed by atoms with Crippen LogP contribution in [0.1, 0.15) is 16.7 Å². The number of hydrogen-bond donors (Lipinski definition) is 0. The number of halogens is 3. The first kappa shape index (κ1) is 22.0. The first-order chi connectivity index (χ1) is 15.1. The molecule has 0 aliphatic carbocycles. The van der Waals surface area contributed by atoms with Gasteiger partial charge in [-0.1, -0.05) is 76.4 Å². The molecule has 156 valence electrons. The second-order valence-electron chi connectivity index (χ2n) is 6.75. The Hall–Kier alpha value is -2.24. The molecule has 0 saturated carbocycles. The fraction of sp³-hybridized carbons (Fsp3) is 0.0833. The first-order valence-corrected chi connectivity index (χ1v) is 11.6. The van der Waals surface area contributed by atoms with Gasteiger partial charge in [0.2, 0.25) is 0 Å². The minimum atomic E-state index is 0.293. The van der Waals surface area contributed by atoms with Crippen LogP contribution in [-0.4, -0.2) is 11.2 Å². The highest BCUT2D eigenvalue weighted by atomic mass is 35.5. The predicted octanol–water partition coefficient (Wildman–Crippen LogP) is 8.04. The maximum absolute atomic E-state index is 6.05. The lowest BCUT2D eigenvalue weighted by molar-refractivity contribution is 0.132. The van der Waals surface area contributed by atoms with E-state index in [4.69, 9.17) is 44.6 Å². The van der Waals surface area contributed by atoms with E-state index in [0.29, 0.717) is 16.7 Å². The summed E-state index contributed by atoms with van der Waals surface area (Å²) in [6.07, 6.45) is 1.70. The van der Waals surface area contributed by atoms with Crippen LogP contribution in [0.5, 0.6) is 0 Å². The molecule has 0 aliphatic rings. The van der Waals surface area contributed by atoms with Crippen molar-refractivity contribution in [2.45, 2.75) is 17.4 Å². The number of benzene rings is 3. The lowest BCUT2D eigenvalue weighted by atomic mass is 10.2. The minimum Gasteiger partial charge on any atom is -0.391 e. The maximum Gasteiger partial charge on any atom is 0.142 e. The van der Waals surface area contributed by atoms with Crippen molar-refractivity contribution in [3.05, 3.63) is 105 Å². The van der Waals surface area contributed by atoms with Crippen LogP contribution in [0, 0.1) is 0 Å². The molecule has 0 unspecified atom stereocenters. The SMILES string of the molecule is Clc1ccc(CSc2nc3ccccc3cc2/C=N\OCc2ccc(Cl)c(Cl)c2)cc1. The van der Waals surface area contributed by atoms with Crippen LogP contribution in [0.4, 0.5) is 0 Å². The maximum atomic E-state index is 6.05. The summed E-state index contributed by atoms with van der Waals surface area (Å²) in [5, 5.41) is 7.81. The van der Waals surface area contributed by atoms with E-state index in [1.54, 1.807) is 30.1 Å². The highest BCUT2D eigenvalue weighted by Gasteiger charge is 2.08. The molecule has 0 saturated heterocycles.